The van der Waals surface area contributed by atoms with Gasteiger partial charge >= 0.3 is 0 Å². The van der Waals surface area contributed by atoms with Gasteiger partial charge in [-0.15, -0.1) is 0 Å². The minimum absolute atomic E-state index is 0.0285. The van der Waals surface area contributed by atoms with Gasteiger partial charge in [-0.25, -0.2) is 8.42 Å². The van der Waals surface area contributed by atoms with E-state index in [1.54, 1.807) is 62.4 Å². The van der Waals surface area contributed by atoms with Gasteiger partial charge in [0.05, 0.1) is 11.0 Å². The van der Waals surface area contributed by atoms with Crippen LogP contribution in [-0.4, -0.2) is 31.4 Å². The van der Waals surface area contributed by atoms with Crippen molar-refractivity contribution in [2.45, 2.75) is 57.6 Å². The first-order chi connectivity index (χ1) is 13.6. The number of carbonyl (C=O) groups is 2. The molecule has 29 heavy (non-hydrogen) atoms. The minimum Gasteiger partial charge on any atom is -0.350 e. The standard InChI is InChI=1S/C23H29NO4S/c1-5-17(4)24-23(26)21-12-6-18(7-13-21)14-22(25)20-10-8-19(9-11-20)15-29(27,28)16(2)3/h6-13,16-17H,5,14-15H2,1-4H3,(H,24,26). The van der Waals surface area contributed by atoms with E-state index in [9.17, 15) is 18.0 Å². The molecule has 1 N–H and O–H groups in total. The molecule has 0 saturated heterocycles. The molecule has 2 aromatic rings. The number of carbonyl (C=O) groups excluding carboxylic acids is 2. The Morgan fingerprint density at radius 2 is 1.38 bits per heavy atom. The van der Waals surface area contributed by atoms with Crippen molar-refractivity contribution in [2.24, 2.45) is 0 Å². The van der Waals surface area contributed by atoms with Crippen LogP contribution in [0.2, 0.25) is 0 Å². The van der Waals surface area contributed by atoms with Gasteiger partial charge in [0, 0.05) is 23.6 Å². The van der Waals surface area contributed by atoms with Crippen LogP contribution in [0, 0.1) is 0 Å². The number of ketones is 1. The molecule has 156 valence electrons. The molecule has 0 saturated carbocycles. The average molecular weight is 416 g/mol. The van der Waals surface area contributed by atoms with E-state index in [1.807, 2.05) is 13.8 Å². The first-order valence-electron chi connectivity index (χ1n) is 9.86. The minimum atomic E-state index is -3.17. The van der Waals surface area contributed by atoms with Gasteiger partial charge in [0.1, 0.15) is 0 Å². The predicted octanol–water partition coefficient (Wildman–Crippen LogP) is 3.96. The normalized spacial score (nSPS) is 12.6. The van der Waals surface area contributed by atoms with E-state index in [2.05, 4.69) is 5.32 Å². The van der Waals surface area contributed by atoms with Crippen LogP contribution < -0.4 is 5.32 Å². The molecule has 5 nitrogen and oxygen atoms in total. The number of hydrogen-bond donors (Lipinski definition) is 1. The van der Waals surface area contributed by atoms with E-state index in [0.717, 1.165) is 12.0 Å². The van der Waals surface area contributed by atoms with Crippen LogP contribution in [0.1, 0.15) is 66.0 Å². The van der Waals surface area contributed by atoms with Crippen molar-refractivity contribution < 1.29 is 18.0 Å². The van der Waals surface area contributed by atoms with Crippen LogP contribution in [0.4, 0.5) is 0 Å². The second-order valence-corrected chi connectivity index (χ2v) is 10.2. The molecular formula is C23H29NO4S. The second-order valence-electron chi connectivity index (χ2n) is 7.63. The first kappa shape index (κ1) is 22.8. The van der Waals surface area contributed by atoms with Crippen molar-refractivity contribution in [2.75, 3.05) is 0 Å². The highest BCUT2D eigenvalue weighted by Crippen LogP contribution is 2.14. The Hall–Kier alpha value is -2.47. The van der Waals surface area contributed by atoms with Gasteiger partial charge in [0.2, 0.25) is 0 Å². The topological polar surface area (TPSA) is 80.3 Å². The molecule has 0 aliphatic heterocycles. The second kappa shape index (κ2) is 9.83. The summed E-state index contributed by atoms with van der Waals surface area (Å²) in [5.74, 6) is -0.205. The van der Waals surface area contributed by atoms with E-state index in [0.29, 0.717) is 16.7 Å². The Labute approximate surface area is 173 Å². The molecule has 0 heterocycles. The molecule has 1 unspecified atom stereocenters. The zero-order valence-electron chi connectivity index (χ0n) is 17.4. The third kappa shape index (κ3) is 6.53. The third-order valence-electron chi connectivity index (χ3n) is 4.93. The van der Waals surface area contributed by atoms with Crippen LogP contribution in [0.25, 0.3) is 0 Å². The molecule has 6 heteroatoms. The molecule has 2 aromatic carbocycles. The molecule has 0 aliphatic rings. The van der Waals surface area contributed by atoms with E-state index < -0.39 is 15.1 Å². The highest BCUT2D eigenvalue weighted by Gasteiger charge is 2.17. The zero-order valence-corrected chi connectivity index (χ0v) is 18.3. The SMILES string of the molecule is CCC(C)NC(=O)c1ccc(CC(=O)c2ccc(CS(=O)(=O)C(C)C)cc2)cc1. The van der Waals surface area contributed by atoms with Gasteiger partial charge in [-0.3, -0.25) is 9.59 Å². The lowest BCUT2D eigenvalue weighted by Gasteiger charge is -2.11. The highest BCUT2D eigenvalue weighted by atomic mass is 32.2. The van der Waals surface area contributed by atoms with Crippen molar-refractivity contribution in [3.8, 4) is 0 Å². The summed E-state index contributed by atoms with van der Waals surface area (Å²) >= 11 is 0. The highest BCUT2D eigenvalue weighted by molar-refractivity contribution is 7.91. The van der Waals surface area contributed by atoms with Crippen LogP contribution >= 0.6 is 0 Å². The van der Waals surface area contributed by atoms with Crippen LogP contribution in [0.5, 0.6) is 0 Å². The predicted molar refractivity (Wildman–Crippen MR) is 116 cm³/mol. The van der Waals surface area contributed by atoms with Crippen LogP contribution in [0.15, 0.2) is 48.5 Å². The Morgan fingerprint density at radius 1 is 0.862 bits per heavy atom. The summed E-state index contributed by atoms with van der Waals surface area (Å²) in [7, 11) is -3.17. The lowest BCUT2D eigenvalue weighted by Crippen LogP contribution is -2.31. The zero-order chi connectivity index (χ0) is 21.6. The lowest BCUT2D eigenvalue weighted by atomic mass is 10.0. The molecule has 0 aromatic heterocycles. The maximum Gasteiger partial charge on any atom is 0.251 e. The average Bonchev–Trinajstić information content (AvgIpc) is 2.68. The Kier molecular flexibility index (Phi) is 7.73. The maximum atomic E-state index is 12.5. The number of amides is 1. The number of sulfone groups is 1. The molecule has 0 spiro atoms. The number of benzene rings is 2. The molecule has 0 radical (unpaired) electrons. The van der Waals surface area contributed by atoms with E-state index in [4.69, 9.17) is 0 Å². The van der Waals surface area contributed by atoms with Crippen molar-refractivity contribution in [3.05, 3.63) is 70.8 Å². The fraction of sp³-hybridized carbons (Fsp3) is 0.391. The number of hydrogen-bond acceptors (Lipinski definition) is 4. The summed E-state index contributed by atoms with van der Waals surface area (Å²) in [6.45, 7) is 7.28. The molecule has 1 amide bonds. The summed E-state index contributed by atoms with van der Waals surface area (Å²) in [6.07, 6.45) is 1.08. The molecule has 0 aliphatic carbocycles. The largest absolute Gasteiger partial charge is 0.350 e. The van der Waals surface area contributed by atoms with Crippen LogP contribution in [-0.2, 0) is 22.0 Å². The van der Waals surface area contributed by atoms with Crippen LogP contribution in [0.3, 0.4) is 0 Å². The summed E-state index contributed by atoms with van der Waals surface area (Å²) < 4.78 is 24.0. The lowest BCUT2D eigenvalue weighted by molar-refractivity contribution is 0.0938. The third-order valence-corrected chi connectivity index (χ3v) is 7.10. The van der Waals surface area contributed by atoms with E-state index in [-0.39, 0.29) is 29.9 Å². The fourth-order valence-electron chi connectivity index (χ4n) is 2.66. The number of Topliss-reactive ketones (excluding diaryl/α,β-unsaturated/α-hetero) is 1. The van der Waals surface area contributed by atoms with E-state index in [1.165, 1.54) is 0 Å². The summed E-state index contributed by atoms with van der Waals surface area (Å²) in [6, 6.07) is 13.8. The molecule has 2 rings (SSSR count). The summed E-state index contributed by atoms with van der Waals surface area (Å²) in [4.78, 5) is 24.6. The van der Waals surface area contributed by atoms with Gasteiger partial charge < -0.3 is 5.32 Å². The summed E-state index contributed by atoms with van der Waals surface area (Å²) in [5.41, 5.74) is 2.60. The quantitative estimate of drug-likeness (QED) is 0.629. The number of nitrogens with one attached hydrogen (secondary N) is 1. The Bertz CT molecular complexity index is 945. The molecule has 0 bridgehead atoms. The smallest absolute Gasteiger partial charge is 0.251 e. The van der Waals surface area contributed by atoms with Gasteiger partial charge in [-0.2, -0.15) is 0 Å². The van der Waals surface area contributed by atoms with Gasteiger partial charge in [0.25, 0.3) is 5.91 Å². The molecule has 1 atom stereocenters. The molecule has 0 fully saturated rings. The Balaban J connectivity index is 2.00. The van der Waals surface area contributed by atoms with Gasteiger partial charge in [0.15, 0.2) is 15.6 Å². The van der Waals surface area contributed by atoms with Crippen molar-refractivity contribution in [1.29, 1.82) is 0 Å². The summed E-state index contributed by atoms with van der Waals surface area (Å²) in [5, 5.41) is 2.48. The van der Waals surface area contributed by atoms with E-state index >= 15 is 0 Å². The Morgan fingerprint density at radius 3 is 1.90 bits per heavy atom. The first-order valence-corrected chi connectivity index (χ1v) is 11.6. The van der Waals surface area contributed by atoms with Crippen molar-refractivity contribution in [3.63, 3.8) is 0 Å². The fourth-order valence-corrected chi connectivity index (χ4v) is 3.65. The molecular weight excluding hydrogens is 386 g/mol. The van der Waals surface area contributed by atoms with Gasteiger partial charge in [-0.1, -0.05) is 43.3 Å². The maximum absolute atomic E-state index is 12.5. The monoisotopic (exact) mass is 415 g/mol. The van der Waals surface area contributed by atoms with Crippen molar-refractivity contribution >= 4 is 21.5 Å². The van der Waals surface area contributed by atoms with Crippen molar-refractivity contribution in [1.82, 2.24) is 5.32 Å². The number of rotatable bonds is 9. The van der Waals surface area contributed by atoms with Gasteiger partial charge in [-0.05, 0) is 50.5 Å².